The first kappa shape index (κ1) is 13.5. The Kier molecular flexibility index (Phi) is 6.70. The van der Waals surface area contributed by atoms with E-state index >= 15 is 0 Å². The summed E-state index contributed by atoms with van der Waals surface area (Å²) in [5, 5.41) is 0. The van der Waals surface area contributed by atoms with Crippen molar-refractivity contribution in [3.63, 3.8) is 0 Å². The lowest BCUT2D eigenvalue weighted by atomic mass is 10.1. The van der Waals surface area contributed by atoms with Gasteiger partial charge in [-0.15, -0.1) is 0 Å². The average molecular weight is 204 g/mol. The van der Waals surface area contributed by atoms with Crippen LogP contribution in [0.15, 0.2) is 0 Å². The van der Waals surface area contributed by atoms with E-state index in [9.17, 15) is 4.79 Å². The average Bonchev–Trinajstić information content (AvgIpc) is 2.13. The van der Waals surface area contributed by atoms with Gasteiger partial charge < -0.3 is 14.2 Å². The Balaban J connectivity index is 3.42. The zero-order valence-corrected chi connectivity index (χ0v) is 9.46. The third-order valence-corrected chi connectivity index (χ3v) is 1.97. The standard InChI is InChI=1S/C10H20O4/c1-10(2,13-4)5-6-14-8-9(11)7-12-3/h5-8H2,1-4H3. The number of ether oxygens (including phenoxy) is 3. The summed E-state index contributed by atoms with van der Waals surface area (Å²) in [4.78, 5) is 11.0. The topological polar surface area (TPSA) is 44.8 Å². The minimum Gasteiger partial charge on any atom is -0.379 e. The molecule has 4 nitrogen and oxygen atoms in total. The maximum absolute atomic E-state index is 11.0. The van der Waals surface area contributed by atoms with Crippen LogP contribution in [0.2, 0.25) is 0 Å². The van der Waals surface area contributed by atoms with Gasteiger partial charge in [-0.1, -0.05) is 0 Å². The molecule has 0 aromatic heterocycles. The molecule has 0 saturated carbocycles. The summed E-state index contributed by atoms with van der Waals surface area (Å²) in [5.41, 5.74) is -0.190. The Hall–Kier alpha value is -0.450. The molecule has 0 unspecified atom stereocenters. The normalized spacial score (nSPS) is 11.7. The largest absolute Gasteiger partial charge is 0.379 e. The summed E-state index contributed by atoms with van der Waals surface area (Å²) >= 11 is 0. The van der Waals surface area contributed by atoms with Gasteiger partial charge in [0, 0.05) is 20.8 Å². The molecule has 84 valence electrons. The Morgan fingerprint density at radius 3 is 2.36 bits per heavy atom. The molecule has 0 amide bonds. The monoisotopic (exact) mass is 204 g/mol. The Morgan fingerprint density at radius 2 is 1.86 bits per heavy atom. The molecule has 0 heterocycles. The van der Waals surface area contributed by atoms with E-state index in [-0.39, 0.29) is 24.6 Å². The van der Waals surface area contributed by atoms with Crippen LogP contribution in [0.5, 0.6) is 0 Å². The Morgan fingerprint density at radius 1 is 1.21 bits per heavy atom. The van der Waals surface area contributed by atoms with Gasteiger partial charge in [-0.05, 0) is 20.3 Å². The predicted molar refractivity (Wildman–Crippen MR) is 53.4 cm³/mol. The van der Waals surface area contributed by atoms with Crippen LogP contribution in [0.4, 0.5) is 0 Å². The summed E-state index contributed by atoms with van der Waals surface area (Å²) in [7, 11) is 3.15. The lowest BCUT2D eigenvalue weighted by molar-refractivity contribution is -0.127. The van der Waals surface area contributed by atoms with Crippen molar-refractivity contribution in [2.24, 2.45) is 0 Å². The predicted octanol–water partition coefficient (Wildman–Crippen LogP) is 1.03. The summed E-state index contributed by atoms with van der Waals surface area (Å²) in [5.74, 6) is -0.0391. The Bertz CT molecular complexity index is 166. The van der Waals surface area contributed by atoms with Crippen LogP contribution >= 0.6 is 0 Å². The van der Waals surface area contributed by atoms with Crippen molar-refractivity contribution in [1.29, 1.82) is 0 Å². The first-order chi connectivity index (χ1) is 6.52. The van der Waals surface area contributed by atoms with Gasteiger partial charge in [-0.25, -0.2) is 0 Å². The van der Waals surface area contributed by atoms with Crippen LogP contribution in [-0.4, -0.2) is 45.4 Å². The molecular weight excluding hydrogens is 184 g/mol. The zero-order chi connectivity index (χ0) is 11.0. The van der Waals surface area contributed by atoms with Crippen molar-refractivity contribution in [2.75, 3.05) is 34.0 Å². The molecule has 0 spiro atoms. The number of ketones is 1. The Labute approximate surface area is 85.5 Å². The molecular formula is C10H20O4. The highest BCUT2D eigenvalue weighted by Gasteiger charge is 2.15. The molecule has 4 heteroatoms. The first-order valence-electron chi connectivity index (χ1n) is 4.65. The SMILES string of the molecule is COCC(=O)COCCC(C)(C)OC. The number of hydrogen-bond acceptors (Lipinski definition) is 4. The van der Waals surface area contributed by atoms with Crippen LogP contribution in [0.3, 0.4) is 0 Å². The van der Waals surface area contributed by atoms with Gasteiger partial charge in [0.2, 0.25) is 0 Å². The number of carbonyl (C=O) groups excluding carboxylic acids is 1. The van der Waals surface area contributed by atoms with E-state index in [2.05, 4.69) is 4.74 Å². The van der Waals surface area contributed by atoms with Gasteiger partial charge in [0.25, 0.3) is 0 Å². The fraction of sp³-hybridized carbons (Fsp3) is 0.900. The van der Waals surface area contributed by atoms with E-state index in [1.165, 1.54) is 7.11 Å². The van der Waals surface area contributed by atoms with Gasteiger partial charge >= 0.3 is 0 Å². The molecule has 0 aliphatic carbocycles. The van der Waals surface area contributed by atoms with Crippen molar-refractivity contribution in [3.05, 3.63) is 0 Å². The van der Waals surface area contributed by atoms with Gasteiger partial charge in [0.15, 0.2) is 5.78 Å². The summed E-state index contributed by atoms with van der Waals surface area (Å²) in [6.45, 7) is 4.72. The van der Waals surface area contributed by atoms with Gasteiger partial charge in [-0.3, -0.25) is 4.79 Å². The third kappa shape index (κ3) is 7.00. The third-order valence-electron chi connectivity index (χ3n) is 1.97. The van der Waals surface area contributed by atoms with Gasteiger partial charge in [0.1, 0.15) is 13.2 Å². The summed E-state index contributed by atoms with van der Waals surface area (Å²) < 4.78 is 15.0. The lowest BCUT2D eigenvalue weighted by Gasteiger charge is -2.22. The van der Waals surface area contributed by atoms with Gasteiger partial charge in [-0.2, -0.15) is 0 Å². The molecule has 0 aromatic rings. The van der Waals surface area contributed by atoms with Crippen LogP contribution in [0.1, 0.15) is 20.3 Å². The number of methoxy groups -OCH3 is 2. The first-order valence-corrected chi connectivity index (χ1v) is 4.65. The minimum absolute atomic E-state index is 0.0391. The summed E-state index contributed by atoms with van der Waals surface area (Å²) in [6, 6.07) is 0. The lowest BCUT2D eigenvalue weighted by Crippen LogP contribution is -2.25. The van der Waals surface area contributed by atoms with Crippen molar-refractivity contribution < 1.29 is 19.0 Å². The van der Waals surface area contributed by atoms with E-state index in [1.54, 1.807) is 7.11 Å². The molecule has 0 N–H and O–H groups in total. The molecule has 0 aliphatic heterocycles. The van der Waals surface area contributed by atoms with Gasteiger partial charge in [0.05, 0.1) is 5.60 Å². The highest BCUT2D eigenvalue weighted by atomic mass is 16.5. The minimum atomic E-state index is -0.190. The molecule has 0 radical (unpaired) electrons. The number of carbonyl (C=O) groups is 1. The quantitative estimate of drug-likeness (QED) is 0.554. The second-order valence-electron chi connectivity index (χ2n) is 3.74. The van der Waals surface area contributed by atoms with Crippen LogP contribution in [-0.2, 0) is 19.0 Å². The van der Waals surface area contributed by atoms with Crippen molar-refractivity contribution >= 4 is 5.78 Å². The maximum Gasteiger partial charge on any atom is 0.183 e. The molecule has 0 rings (SSSR count). The number of Topliss-reactive ketones (excluding diaryl/α,β-unsaturated/α-hetero) is 1. The highest BCUT2D eigenvalue weighted by molar-refractivity contribution is 5.80. The fourth-order valence-corrected chi connectivity index (χ4v) is 0.809. The number of rotatable bonds is 8. The second-order valence-corrected chi connectivity index (χ2v) is 3.74. The number of hydrogen-bond donors (Lipinski definition) is 0. The van der Waals surface area contributed by atoms with Crippen molar-refractivity contribution in [2.45, 2.75) is 25.9 Å². The van der Waals surface area contributed by atoms with E-state index in [0.29, 0.717) is 6.61 Å². The maximum atomic E-state index is 11.0. The van der Waals surface area contributed by atoms with Crippen LogP contribution in [0.25, 0.3) is 0 Å². The summed E-state index contributed by atoms with van der Waals surface area (Å²) in [6.07, 6.45) is 0.768. The zero-order valence-electron chi connectivity index (χ0n) is 9.46. The van der Waals surface area contributed by atoms with Crippen LogP contribution < -0.4 is 0 Å². The van der Waals surface area contributed by atoms with Crippen molar-refractivity contribution in [3.8, 4) is 0 Å². The van der Waals surface area contributed by atoms with E-state index in [0.717, 1.165) is 6.42 Å². The molecule has 0 aromatic carbocycles. The van der Waals surface area contributed by atoms with E-state index in [4.69, 9.17) is 9.47 Å². The molecule has 0 bridgehead atoms. The smallest absolute Gasteiger partial charge is 0.183 e. The molecule has 0 atom stereocenters. The fourth-order valence-electron chi connectivity index (χ4n) is 0.809. The molecule has 0 aliphatic rings. The molecule has 0 saturated heterocycles. The van der Waals surface area contributed by atoms with E-state index in [1.807, 2.05) is 13.8 Å². The second kappa shape index (κ2) is 6.92. The highest BCUT2D eigenvalue weighted by Crippen LogP contribution is 2.12. The van der Waals surface area contributed by atoms with E-state index < -0.39 is 0 Å². The van der Waals surface area contributed by atoms with Crippen LogP contribution in [0, 0.1) is 0 Å². The molecule has 0 fully saturated rings. The van der Waals surface area contributed by atoms with Crippen molar-refractivity contribution in [1.82, 2.24) is 0 Å². The molecule has 14 heavy (non-hydrogen) atoms.